The van der Waals surface area contributed by atoms with Gasteiger partial charge in [-0.15, -0.1) is 0 Å². The number of hydrogen-bond donors (Lipinski definition) is 1. The van der Waals surface area contributed by atoms with E-state index in [-0.39, 0.29) is 47.4 Å². The highest BCUT2D eigenvalue weighted by molar-refractivity contribution is 7.91. The molecular weight excluding hydrogens is 575 g/mol. The van der Waals surface area contributed by atoms with Gasteiger partial charge in [-0.05, 0) is 24.3 Å². The average molecular weight is 600 g/mol. The molecule has 0 radical (unpaired) electrons. The molecule has 1 fully saturated rings. The van der Waals surface area contributed by atoms with E-state index in [1.54, 1.807) is 12.1 Å². The standard InChI is InChI=1S/C25H25ClF3N5O5S/c1-2-40(36,37)20-5-4-17(30-12-20)11-33-24(35)15-7-21(27)23(32-9-15)34-13-19(8-18(34)14-38-25(28)29)39-22-6-3-16(26)10-31-22/h3-7,9-10,12,18-19,25H,2,8,11,13-14H2,1H3,(H,33,35)/t18-,19-/m0/s1. The first kappa shape index (κ1) is 29.5. The number of pyridine rings is 3. The molecule has 1 aliphatic rings. The Balaban J connectivity index is 1.43. The maximum Gasteiger partial charge on any atom is 0.345 e. The minimum absolute atomic E-state index is 0.0361. The van der Waals surface area contributed by atoms with Gasteiger partial charge in [0.05, 0.1) is 52.7 Å². The number of alkyl halides is 2. The van der Waals surface area contributed by atoms with Crippen molar-refractivity contribution in [1.82, 2.24) is 20.3 Å². The van der Waals surface area contributed by atoms with Gasteiger partial charge in [0.2, 0.25) is 5.88 Å². The second kappa shape index (κ2) is 12.8. The highest BCUT2D eigenvalue weighted by Crippen LogP contribution is 2.29. The van der Waals surface area contributed by atoms with E-state index in [0.717, 1.165) is 12.3 Å². The van der Waals surface area contributed by atoms with Crippen molar-refractivity contribution in [1.29, 1.82) is 0 Å². The van der Waals surface area contributed by atoms with Crippen LogP contribution in [0.5, 0.6) is 5.88 Å². The molecule has 1 amide bonds. The second-order valence-corrected chi connectivity index (χ2v) is 11.5. The highest BCUT2D eigenvalue weighted by Gasteiger charge is 2.37. The minimum Gasteiger partial charge on any atom is -0.472 e. The zero-order chi connectivity index (χ0) is 28.9. The lowest BCUT2D eigenvalue weighted by atomic mass is 10.2. The van der Waals surface area contributed by atoms with Crippen LogP contribution in [-0.2, 0) is 21.1 Å². The van der Waals surface area contributed by atoms with Gasteiger partial charge >= 0.3 is 6.61 Å². The van der Waals surface area contributed by atoms with E-state index in [9.17, 15) is 22.0 Å². The summed E-state index contributed by atoms with van der Waals surface area (Å²) in [5.41, 5.74) is 0.317. The number of carbonyl (C=O) groups excluding carboxylic acids is 1. The lowest BCUT2D eigenvalue weighted by Crippen LogP contribution is -2.35. The van der Waals surface area contributed by atoms with Crippen LogP contribution in [-0.4, -0.2) is 66.9 Å². The van der Waals surface area contributed by atoms with Gasteiger partial charge in [-0.25, -0.2) is 22.8 Å². The number of carbonyl (C=O) groups is 1. The van der Waals surface area contributed by atoms with Crippen molar-refractivity contribution < 1.29 is 35.9 Å². The van der Waals surface area contributed by atoms with Crippen LogP contribution in [0.15, 0.2) is 53.8 Å². The van der Waals surface area contributed by atoms with Crippen molar-refractivity contribution in [3.05, 3.63) is 71.0 Å². The van der Waals surface area contributed by atoms with Crippen molar-refractivity contribution in [2.45, 2.75) is 43.5 Å². The summed E-state index contributed by atoms with van der Waals surface area (Å²) in [6.45, 7) is -1.82. The fourth-order valence-corrected chi connectivity index (χ4v) is 5.00. The molecule has 2 atom stereocenters. The molecule has 4 heterocycles. The van der Waals surface area contributed by atoms with E-state index in [2.05, 4.69) is 25.0 Å². The van der Waals surface area contributed by atoms with E-state index in [1.165, 1.54) is 36.4 Å². The summed E-state index contributed by atoms with van der Waals surface area (Å²) in [5, 5.41) is 2.99. The van der Waals surface area contributed by atoms with E-state index in [1.807, 2.05) is 0 Å². The topological polar surface area (TPSA) is 124 Å². The fraction of sp³-hybridized carbons (Fsp3) is 0.360. The van der Waals surface area contributed by atoms with Crippen molar-refractivity contribution in [3.8, 4) is 5.88 Å². The Morgan fingerprint density at radius 3 is 2.60 bits per heavy atom. The molecule has 15 heteroatoms. The van der Waals surface area contributed by atoms with Crippen molar-refractivity contribution >= 4 is 33.2 Å². The SMILES string of the molecule is CCS(=O)(=O)c1ccc(CNC(=O)c2cnc(N3C[C@@H](Oc4ccc(Cl)cn4)C[C@H]3COC(F)F)c(F)c2)nc1. The van der Waals surface area contributed by atoms with Crippen LogP contribution in [0.3, 0.4) is 0 Å². The molecule has 0 aromatic carbocycles. The van der Waals surface area contributed by atoms with E-state index in [4.69, 9.17) is 16.3 Å². The van der Waals surface area contributed by atoms with Crippen LogP contribution >= 0.6 is 11.6 Å². The number of nitrogens with one attached hydrogen (secondary N) is 1. The van der Waals surface area contributed by atoms with Crippen LogP contribution in [0.25, 0.3) is 0 Å². The average Bonchev–Trinajstić information content (AvgIpc) is 3.34. The number of anilines is 1. The van der Waals surface area contributed by atoms with Crippen molar-refractivity contribution in [2.24, 2.45) is 0 Å². The third kappa shape index (κ3) is 7.37. The van der Waals surface area contributed by atoms with E-state index < -0.39 is 46.9 Å². The smallest absolute Gasteiger partial charge is 0.345 e. The molecule has 0 aliphatic carbocycles. The maximum atomic E-state index is 15.2. The van der Waals surface area contributed by atoms with E-state index in [0.29, 0.717) is 10.7 Å². The number of amides is 1. The number of rotatable bonds is 11. The van der Waals surface area contributed by atoms with Gasteiger partial charge in [0.25, 0.3) is 5.91 Å². The number of halogens is 4. The fourth-order valence-electron chi connectivity index (χ4n) is 4.07. The van der Waals surface area contributed by atoms with Gasteiger partial charge in [-0.1, -0.05) is 18.5 Å². The summed E-state index contributed by atoms with van der Waals surface area (Å²) in [6.07, 6.45) is 3.47. The van der Waals surface area contributed by atoms with E-state index >= 15 is 4.39 Å². The summed E-state index contributed by atoms with van der Waals surface area (Å²) in [7, 11) is -3.40. The summed E-state index contributed by atoms with van der Waals surface area (Å²) in [4.78, 5) is 26.3. The molecule has 0 saturated carbocycles. The van der Waals surface area contributed by atoms with Gasteiger partial charge in [0.1, 0.15) is 6.10 Å². The monoisotopic (exact) mass is 599 g/mol. The summed E-state index contributed by atoms with van der Waals surface area (Å²) in [6, 6.07) is 6.31. The predicted molar refractivity (Wildman–Crippen MR) is 139 cm³/mol. The molecule has 3 aromatic heterocycles. The van der Waals surface area contributed by atoms with Crippen LogP contribution in [0.2, 0.25) is 5.02 Å². The maximum absolute atomic E-state index is 15.2. The van der Waals surface area contributed by atoms with Gasteiger partial charge in [-0.2, -0.15) is 8.78 Å². The highest BCUT2D eigenvalue weighted by atomic mass is 35.5. The van der Waals surface area contributed by atoms with Crippen LogP contribution in [0.4, 0.5) is 19.0 Å². The molecule has 214 valence electrons. The summed E-state index contributed by atoms with van der Waals surface area (Å²) in [5.74, 6) is -1.43. The number of ether oxygens (including phenoxy) is 2. The number of nitrogens with zero attached hydrogens (tertiary/aromatic N) is 4. The quantitative estimate of drug-likeness (QED) is 0.352. The molecule has 1 N–H and O–H groups in total. The first-order valence-corrected chi connectivity index (χ1v) is 14.1. The molecular formula is C25H25ClF3N5O5S. The zero-order valence-electron chi connectivity index (χ0n) is 21.1. The first-order valence-electron chi connectivity index (χ1n) is 12.1. The van der Waals surface area contributed by atoms with Gasteiger partial charge in [0.15, 0.2) is 21.5 Å². The Kier molecular flexibility index (Phi) is 9.43. The van der Waals surface area contributed by atoms with Gasteiger partial charge < -0.3 is 19.7 Å². The molecule has 3 aromatic rings. The lowest BCUT2D eigenvalue weighted by molar-refractivity contribution is -0.131. The van der Waals surface area contributed by atoms with Gasteiger partial charge in [-0.3, -0.25) is 9.78 Å². The second-order valence-electron chi connectivity index (χ2n) is 8.79. The Morgan fingerprint density at radius 1 is 1.18 bits per heavy atom. The Morgan fingerprint density at radius 2 is 1.98 bits per heavy atom. The minimum atomic E-state index is -3.40. The van der Waals surface area contributed by atoms with Crippen molar-refractivity contribution in [2.75, 3.05) is 23.8 Å². The molecule has 40 heavy (non-hydrogen) atoms. The Bertz CT molecular complexity index is 1430. The van der Waals surface area contributed by atoms with Crippen LogP contribution in [0.1, 0.15) is 29.4 Å². The number of aromatic nitrogens is 3. The summed E-state index contributed by atoms with van der Waals surface area (Å²) < 4.78 is 74.8. The lowest BCUT2D eigenvalue weighted by Gasteiger charge is -2.25. The Hall–Kier alpha value is -3.49. The number of hydrogen-bond acceptors (Lipinski definition) is 9. The number of sulfone groups is 1. The van der Waals surface area contributed by atoms with Crippen LogP contribution in [0, 0.1) is 5.82 Å². The summed E-state index contributed by atoms with van der Waals surface area (Å²) >= 11 is 5.84. The third-order valence-corrected chi connectivity index (χ3v) is 8.04. The molecule has 1 saturated heterocycles. The van der Waals surface area contributed by atoms with Gasteiger partial charge in [0, 0.05) is 31.1 Å². The molecule has 4 rings (SSSR count). The predicted octanol–water partition coefficient (Wildman–Crippen LogP) is 3.65. The largest absolute Gasteiger partial charge is 0.472 e. The normalized spacial score (nSPS) is 17.3. The first-order chi connectivity index (χ1) is 19.1. The third-order valence-electron chi connectivity index (χ3n) is 6.10. The molecule has 1 aliphatic heterocycles. The molecule has 10 nitrogen and oxygen atoms in total. The molecule has 0 unspecified atom stereocenters. The van der Waals surface area contributed by atoms with Crippen LogP contribution < -0.4 is 15.0 Å². The Labute approximate surface area is 233 Å². The van der Waals surface area contributed by atoms with Crippen molar-refractivity contribution in [3.63, 3.8) is 0 Å². The zero-order valence-corrected chi connectivity index (χ0v) is 22.7. The molecule has 0 spiro atoms. The molecule has 0 bridgehead atoms.